The number of likely N-dealkylation sites (N-methyl/N-ethyl adjacent to an activating group) is 1. The fourth-order valence-electron chi connectivity index (χ4n) is 1.90. The van der Waals surface area contributed by atoms with Crippen LogP contribution in [0.25, 0.3) is 0 Å². The zero-order valence-corrected chi connectivity index (χ0v) is 13.7. The van der Waals surface area contributed by atoms with Crippen LogP contribution >= 0.6 is 0 Å². The minimum absolute atomic E-state index is 0.124. The van der Waals surface area contributed by atoms with Crippen LogP contribution in [0.4, 0.5) is 0 Å². The summed E-state index contributed by atoms with van der Waals surface area (Å²) < 4.78 is 0. The number of nitrogens with zero attached hydrogens (tertiary/aromatic N) is 1. The summed E-state index contributed by atoms with van der Waals surface area (Å²) in [6, 6.07) is 8.86. The summed E-state index contributed by atoms with van der Waals surface area (Å²) in [7, 11) is 1.85. The first-order valence-electron chi connectivity index (χ1n) is 7.27. The van der Waals surface area contributed by atoms with Crippen molar-refractivity contribution in [2.24, 2.45) is 0 Å². The van der Waals surface area contributed by atoms with E-state index >= 15 is 0 Å². The lowest BCUT2D eigenvalue weighted by Gasteiger charge is -2.21. The Morgan fingerprint density at radius 2 is 1.75 bits per heavy atom. The van der Waals surface area contributed by atoms with Gasteiger partial charge < -0.3 is 10.2 Å². The Morgan fingerprint density at radius 3 is 2.20 bits per heavy atom. The van der Waals surface area contributed by atoms with Gasteiger partial charge in [0.05, 0.1) is 6.54 Å². The lowest BCUT2D eigenvalue weighted by molar-refractivity contribution is -0.129. The van der Waals surface area contributed by atoms with Gasteiger partial charge >= 0.3 is 0 Å². The maximum atomic E-state index is 11.9. The van der Waals surface area contributed by atoms with Gasteiger partial charge in [0.1, 0.15) is 0 Å². The topological polar surface area (TPSA) is 32.3 Å². The average molecular weight is 276 g/mol. The van der Waals surface area contributed by atoms with Crippen LogP contribution in [0.15, 0.2) is 24.3 Å². The molecule has 0 unspecified atom stereocenters. The Kier molecular flexibility index (Phi) is 5.75. The van der Waals surface area contributed by atoms with Crippen LogP contribution in [-0.4, -0.2) is 30.4 Å². The van der Waals surface area contributed by atoms with E-state index in [2.05, 4.69) is 50.4 Å². The number of carbonyl (C=O) groups is 1. The lowest BCUT2D eigenvalue weighted by Crippen LogP contribution is -2.37. The molecule has 1 aromatic carbocycles. The Morgan fingerprint density at radius 1 is 1.20 bits per heavy atom. The molecular weight excluding hydrogens is 248 g/mol. The molecule has 0 radical (unpaired) electrons. The molecule has 0 aliphatic carbocycles. The number of benzene rings is 1. The standard InChI is InChI=1S/C17H28N2O/c1-13(2)18-11-16(20)19(6)12-14-7-9-15(10-8-14)17(3,4)5/h7-10,13,18H,11-12H2,1-6H3. The van der Waals surface area contributed by atoms with E-state index in [9.17, 15) is 4.79 Å². The SMILES string of the molecule is CC(C)NCC(=O)N(C)Cc1ccc(C(C)(C)C)cc1. The Bertz CT molecular complexity index is 429. The van der Waals surface area contributed by atoms with E-state index in [-0.39, 0.29) is 11.3 Å². The molecule has 0 heterocycles. The summed E-state index contributed by atoms with van der Waals surface area (Å²) >= 11 is 0. The molecule has 0 spiro atoms. The predicted octanol–water partition coefficient (Wildman–Crippen LogP) is 2.94. The van der Waals surface area contributed by atoms with Crippen LogP contribution in [0.5, 0.6) is 0 Å². The number of amides is 1. The van der Waals surface area contributed by atoms with Gasteiger partial charge in [-0.2, -0.15) is 0 Å². The van der Waals surface area contributed by atoms with Crippen molar-refractivity contribution in [3.8, 4) is 0 Å². The first-order chi connectivity index (χ1) is 9.20. The minimum Gasteiger partial charge on any atom is -0.340 e. The van der Waals surface area contributed by atoms with Gasteiger partial charge in [0.25, 0.3) is 0 Å². The molecular formula is C17H28N2O. The van der Waals surface area contributed by atoms with E-state index < -0.39 is 0 Å². The van der Waals surface area contributed by atoms with Crippen LogP contribution < -0.4 is 5.32 Å². The van der Waals surface area contributed by atoms with Crippen LogP contribution in [0.2, 0.25) is 0 Å². The first-order valence-corrected chi connectivity index (χ1v) is 7.27. The molecule has 0 saturated heterocycles. The van der Waals surface area contributed by atoms with E-state index in [0.29, 0.717) is 19.1 Å². The second-order valence-corrected chi connectivity index (χ2v) is 6.73. The van der Waals surface area contributed by atoms with Gasteiger partial charge in [-0.3, -0.25) is 4.79 Å². The summed E-state index contributed by atoms with van der Waals surface area (Å²) in [6.07, 6.45) is 0. The van der Waals surface area contributed by atoms with Crippen molar-refractivity contribution < 1.29 is 4.79 Å². The number of rotatable bonds is 5. The van der Waals surface area contributed by atoms with Crippen LogP contribution in [0, 0.1) is 0 Å². The maximum Gasteiger partial charge on any atom is 0.236 e. The smallest absolute Gasteiger partial charge is 0.236 e. The van der Waals surface area contributed by atoms with Crippen molar-refractivity contribution in [1.82, 2.24) is 10.2 Å². The van der Waals surface area contributed by atoms with Gasteiger partial charge in [0.2, 0.25) is 5.91 Å². The van der Waals surface area contributed by atoms with Gasteiger partial charge in [0.15, 0.2) is 0 Å². The monoisotopic (exact) mass is 276 g/mol. The van der Waals surface area contributed by atoms with Gasteiger partial charge in [-0.15, -0.1) is 0 Å². The largest absolute Gasteiger partial charge is 0.340 e. The summed E-state index contributed by atoms with van der Waals surface area (Å²) in [4.78, 5) is 13.7. The molecule has 1 N–H and O–H groups in total. The second-order valence-electron chi connectivity index (χ2n) is 6.73. The molecule has 3 heteroatoms. The predicted molar refractivity (Wildman–Crippen MR) is 84.8 cm³/mol. The fourth-order valence-corrected chi connectivity index (χ4v) is 1.90. The molecule has 1 aromatic rings. The molecule has 112 valence electrons. The minimum atomic E-state index is 0.124. The molecule has 0 atom stereocenters. The van der Waals surface area contributed by atoms with E-state index in [0.717, 1.165) is 0 Å². The third-order valence-corrected chi connectivity index (χ3v) is 3.33. The molecule has 0 bridgehead atoms. The summed E-state index contributed by atoms with van der Waals surface area (Å²) in [5, 5.41) is 3.15. The Balaban J connectivity index is 2.58. The molecule has 0 aromatic heterocycles. The van der Waals surface area contributed by atoms with Gasteiger partial charge in [0, 0.05) is 19.6 Å². The third-order valence-electron chi connectivity index (χ3n) is 3.33. The molecule has 20 heavy (non-hydrogen) atoms. The average Bonchev–Trinajstić information content (AvgIpc) is 2.35. The van der Waals surface area contributed by atoms with Crippen LogP contribution in [-0.2, 0) is 16.8 Å². The molecule has 3 nitrogen and oxygen atoms in total. The highest BCUT2D eigenvalue weighted by atomic mass is 16.2. The number of hydrogen-bond donors (Lipinski definition) is 1. The Labute approximate surface area is 123 Å². The van der Waals surface area contributed by atoms with Crippen molar-refractivity contribution >= 4 is 5.91 Å². The van der Waals surface area contributed by atoms with Crippen LogP contribution in [0.1, 0.15) is 45.7 Å². The highest BCUT2D eigenvalue weighted by Gasteiger charge is 2.14. The third kappa shape index (κ3) is 5.33. The van der Waals surface area contributed by atoms with E-state index in [1.807, 2.05) is 20.9 Å². The molecule has 0 saturated carbocycles. The van der Waals surface area contributed by atoms with Crippen molar-refractivity contribution in [3.05, 3.63) is 35.4 Å². The van der Waals surface area contributed by atoms with Gasteiger partial charge in [-0.25, -0.2) is 0 Å². The number of hydrogen-bond acceptors (Lipinski definition) is 2. The van der Waals surface area contributed by atoms with Gasteiger partial charge in [-0.05, 0) is 16.5 Å². The molecule has 1 rings (SSSR count). The van der Waals surface area contributed by atoms with Crippen molar-refractivity contribution in [2.45, 2.75) is 52.6 Å². The summed E-state index contributed by atoms with van der Waals surface area (Å²) in [5.41, 5.74) is 2.65. The number of nitrogens with one attached hydrogen (secondary N) is 1. The van der Waals surface area contributed by atoms with Crippen LogP contribution in [0.3, 0.4) is 0 Å². The Hall–Kier alpha value is -1.35. The number of carbonyl (C=O) groups excluding carboxylic acids is 1. The highest BCUT2D eigenvalue weighted by Crippen LogP contribution is 2.22. The normalized spacial score (nSPS) is 11.8. The molecule has 0 fully saturated rings. The van der Waals surface area contributed by atoms with Crippen molar-refractivity contribution in [2.75, 3.05) is 13.6 Å². The fraction of sp³-hybridized carbons (Fsp3) is 0.588. The summed E-state index contributed by atoms with van der Waals surface area (Å²) in [6.45, 7) is 11.7. The lowest BCUT2D eigenvalue weighted by atomic mass is 9.87. The maximum absolute atomic E-state index is 11.9. The van der Waals surface area contributed by atoms with E-state index in [1.54, 1.807) is 4.90 Å². The first kappa shape index (κ1) is 16.7. The van der Waals surface area contributed by atoms with E-state index in [1.165, 1.54) is 11.1 Å². The quantitative estimate of drug-likeness (QED) is 0.897. The zero-order chi connectivity index (χ0) is 15.3. The second kappa shape index (κ2) is 6.89. The molecule has 1 amide bonds. The summed E-state index contributed by atoms with van der Waals surface area (Å²) in [5.74, 6) is 0.124. The highest BCUT2D eigenvalue weighted by molar-refractivity contribution is 5.78. The van der Waals surface area contributed by atoms with Crippen molar-refractivity contribution in [1.29, 1.82) is 0 Å². The van der Waals surface area contributed by atoms with E-state index in [4.69, 9.17) is 0 Å². The molecule has 0 aliphatic heterocycles. The zero-order valence-electron chi connectivity index (χ0n) is 13.7. The van der Waals surface area contributed by atoms with Crippen molar-refractivity contribution in [3.63, 3.8) is 0 Å². The van der Waals surface area contributed by atoms with Gasteiger partial charge in [-0.1, -0.05) is 58.9 Å². The molecule has 0 aliphatic rings.